The van der Waals surface area contributed by atoms with Crippen molar-refractivity contribution >= 4 is 44.9 Å². The van der Waals surface area contributed by atoms with Crippen LogP contribution < -0.4 is 4.90 Å². The van der Waals surface area contributed by atoms with E-state index in [0.717, 1.165) is 28.6 Å². The Kier molecular flexibility index (Phi) is 5.70. The Balaban J connectivity index is 2.11. The molecule has 3 rings (SSSR count). The highest BCUT2D eigenvalue weighted by molar-refractivity contribution is 9.10. The minimum absolute atomic E-state index is 0.107. The molecule has 0 N–H and O–H groups in total. The number of nitrogens with zero attached hydrogens (tertiary/aromatic N) is 2. The van der Waals surface area contributed by atoms with Crippen molar-refractivity contribution < 1.29 is 0 Å². The smallest absolute Gasteiger partial charge is 0.0998 e. The first-order valence-electron chi connectivity index (χ1n) is 9.25. The van der Waals surface area contributed by atoms with Gasteiger partial charge in [0.25, 0.3) is 0 Å². The Bertz CT molecular complexity index is 940. The zero-order chi connectivity index (χ0) is 19.8. The topological polar surface area (TPSA) is 27.0 Å². The summed E-state index contributed by atoms with van der Waals surface area (Å²) < 4.78 is 0.951. The van der Waals surface area contributed by atoms with E-state index < -0.39 is 0 Å². The van der Waals surface area contributed by atoms with Crippen LogP contribution in [0.25, 0.3) is 11.6 Å². The van der Waals surface area contributed by atoms with Crippen LogP contribution in [0, 0.1) is 11.3 Å². The quantitative estimate of drug-likeness (QED) is 0.368. The first kappa shape index (κ1) is 20.0. The average molecular weight is 444 g/mol. The molecule has 0 fully saturated rings. The SMILES string of the molecule is CCN1c2cc(Cl)c(/C=C(\C#N)c3cccc(Br)c3)cc2C(C)CC1(C)C. The summed E-state index contributed by atoms with van der Waals surface area (Å²) in [5, 5.41) is 10.4. The third-order valence-electron chi connectivity index (χ3n) is 5.38. The van der Waals surface area contributed by atoms with Crippen LogP contribution in [0.15, 0.2) is 40.9 Å². The number of hydrogen-bond acceptors (Lipinski definition) is 2. The summed E-state index contributed by atoms with van der Waals surface area (Å²) in [5.74, 6) is 0.443. The second kappa shape index (κ2) is 7.70. The van der Waals surface area contributed by atoms with E-state index >= 15 is 0 Å². The number of fused-ring (bicyclic) bond motifs is 1. The summed E-state index contributed by atoms with van der Waals surface area (Å²) in [6.07, 6.45) is 2.99. The Hall–Kier alpha value is -1.76. The summed E-state index contributed by atoms with van der Waals surface area (Å²) in [4.78, 5) is 2.43. The molecule has 1 unspecified atom stereocenters. The predicted molar refractivity (Wildman–Crippen MR) is 119 cm³/mol. The van der Waals surface area contributed by atoms with Crippen LogP contribution in [0.1, 0.15) is 56.7 Å². The van der Waals surface area contributed by atoms with Crippen molar-refractivity contribution in [2.75, 3.05) is 11.4 Å². The molecule has 0 aromatic heterocycles. The molecule has 1 aliphatic rings. The highest BCUT2D eigenvalue weighted by atomic mass is 79.9. The normalized spacial score (nSPS) is 18.8. The van der Waals surface area contributed by atoms with Gasteiger partial charge < -0.3 is 4.90 Å². The predicted octanol–water partition coefficient (Wildman–Crippen LogP) is 7.28. The van der Waals surface area contributed by atoms with E-state index in [0.29, 0.717) is 16.5 Å². The van der Waals surface area contributed by atoms with Crippen molar-refractivity contribution in [3.8, 4) is 6.07 Å². The van der Waals surface area contributed by atoms with Gasteiger partial charge in [0.2, 0.25) is 0 Å². The molecule has 0 radical (unpaired) electrons. The number of rotatable bonds is 3. The minimum atomic E-state index is 0.107. The van der Waals surface area contributed by atoms with Gasteiger partial charge in [-0.05, 0) is 80.1 Å². The van der Waals surface area contributed by atoms with Gasteiger partial charge in [0.05, 0.1) is 11.6 Å². The monoisotopic (exact) mass is 442 g/mol. The average Bonchev–Trinajstić information content (AvgIpc) is 2.60. The van der Waals surface area contributed by atoms with Crippen LogP contribution in [0.3, 0.4) is 0 Å². The van der Waals surface area contributed by atoms with Crippen LogP contribution in [0.4, 0.5) is 5.69 Å². The summed E-state index contributed by atoms with van der Waals surface area (Å²) >= 11 is 10.1. The molecule has 0 spiro atoms. The lowest BCUT2D eigenvalue weighted by Gasteiger charge is -2.47. The lowest BCUT2D eigenvalue weighted by molar-refractivity contribution is 0.381. The highest BCUT2D eigenvalue weighted by Crippen LogP contribution is 2.45. The lowest BCUT2D eigenvalue weighted by Crippen LogP contribution is -2.48. The Labute approximate surface area is 175 Å². The van der Waals surface area contributed by atoms with E-state index in [1.54, 1.807) is 0 Å². The molecule has 2 aromatic rings. The van der Waals surface area contributed by atoms with Gasteiger partial charge in [-0.1, -0.05) is 46.6 Å². The van der Waals surface area contributed by atoms with E-state index in [1.165, 1.54) is 11.3 Å². The van der Waals surface area contributed by atoms with Gasteiger partial charge in [-0.25, -0.2) is 0 Å². The fourth-order valence-electron chi connectivity index (χ4n) is 4.22. The standard InChI is InChI=1S/C23H24BrClN2/c1-5-27-22-12-21(25)17(11-20(22)15(2)13-23(27,3)4)9-18(14-26)16-7-6-8-19(24)10-16/h6-12,15H,5,13H2,1-4H3/b18-9+. The van der Waals surface area contributed by atoms with Gasteiger partial charge in [-0.2, -0.15) is 5.26 Å². The molecule has 0 amide bonds. The van der Waals surface area contributed by atoms with Crippen LogP contribution >= 0.6 is 27.5 Å². The molecule has 27 heavy (non-hydrogen) atoms. The maximum absolute atomic E-state index is 9.68. The first-order valence-corrected chi connectivity index (χ1v) is 10.4. The number of benzene rings is 2. The van der Waals surface area contributed by atoms with E-state index in [2.05, 4.69) is 66.7 Å². The van der Waals surface area contributed by atoms with E-state index in [9.17, 15) is 5.26 Å². The van der Waals surface area contributed by atoms with Crippen molar-refractivity contribution in [2.45, 2.75) is 45.6 Å². The van der Waals surface area contributed by atoms with E-state index in [1.807, 2.05) is 30.3 Å². The summed E-state index contributed by atoms with van der Waals surface area (Å²) in [7, 11) is 0. The zero-order valence-corrected chi connectivity index (χ0v) is 18.5. The summed E-state index contributed by atoms with van der Waals surface area (Å²) in [6.45, 7) is 9.98. The van der Waals surface area contributed by atoms with Crippen molar-refractivity contribution in [2.24, 2.45) is 0 Å². The highest BCUT2D eigenvalue weighted by Gasteiger charge is 2.35. The molecule has 1 heterocycles. The molecule has 2 nitrogen and oxygen atoms in total. The van der Waals surface area contributed by atoms with Crippen molar-refractivity contribution in [3.05, 3.63) is 62.6 Å². The fraction of sp³-hybridized carbons (Fsp3) is 0.348. The Morgan fingerprint density at radius 1 is 1.37 bits per heavy atom. The van der Waals surface area contributed by atoms with Crippen LogP contribution in [-0.2, 0) is 0 Å². The molecule has 0 aliphatic carbocycles. The van der Waals surface area contributed by atoms with Crippen molar-refractivity contribution in [1.29, 1.82) is 5.26 Å². The zero-order valence-electron chi connectivity index (χ0n) is 16.2. The number of anilines is 1. The van der Waals surface area contributed by atoms with Gasteiger partial charge >= 0.3 is 0 Å². The molecule has 140 valence electrons. The lowest BCUT2D eigenvalue weighted by atomic mass is 9.79. The minimum Gasteiger partial charge on any atom is -0.366 e. The Morgan fingerprint density at radius 2 is 2.11 bits per heavy atom. The van der Waals surface area contributed by atoms with Gasteiger partial charge in [0, 0.05) is 27.3 Å². The van der Waals surface area contributed by atoms with Crippen LogP contribution in [-0.4, -0.2) is 12.1 Å². The maximum Gasteiger partial charge on any atom is 0.0998 e. The molecule has 1 atom stereocenters. The maximum atomic E-state index is 9.68. The molecule has 1 aliphatic heterocycles. The number of nitriles is 1. The molecule has 0 saturated carbocycles. The van der Waals surface area contributed by atoms with Gasteiger partial charge in [0.15, 0.2) is 0 Å². The van der Waals surface area contributed by atoms with Crippen LogP contribution in [0.5, 0.6) is 0 Å². The second-order valence-corrected chi connectivity index (χ2v) is 9.10. The Morgan fingerprint density at radius 3 is 2.74 bits per heavy atom. The third kappa shape index (κ3) is 3.93. The molecular weight excluding hydrogens is 420 g/mol. The van der Waals surface area contributed by atoms with E-state index in [-0.39, 0.29) is 5.54 Å². The molecule has 0 bridgehead atoms. The third-order valence-corrected chi connectivity index (χ3v) is 6.20. The van der Waals surface area contributed by atoms with Gasteiger partial charge in [0.1, 0.15) is 0 Å². The number of hydrogen-bond donors (Lipinski definition) is 0. The fourth-order valence-corrected chi connectivity index (χ4v) is 4.83. The summed E-state index contributed by atoms with van der Waals surface area (Å²) in [6, 6.07) is 14.3. The molecular formula is C23H24BrClN2. The first-order chi connectivity index (χ1) is 12.8. The van der Waals surface area contributed by atoms with Crippen molar-refractivity contribution in [3.63, 3.8) is 0 Å². The summed E-state index contributed by atoms with van der Waals surface area (Å²) in [5.41, 5.74) is 5.01. The number of allylic oxidation sites excluding steroid dienone is 1. The largest absolute Gasteiger partial charge is 0.366 e. The molecule has 0 saturated heterocycles. The van der Waals surface area contributed by atoms with Gasteiger partial charge in [-0.15, -0.1) is 0 Å². The molecule has 2 aromatic carbocycles. The second-order valence-electron chi connectivity index (χ2n) is 7.77. The van der Waals surface area contributed by atoms with Crippen LogP contribution in [0.2, 0.25) is 5.02 Å². The molecule has 4 heteroatoms. The van der Waals surface area contributed by atoms with Crippen molar-refractivity contribution in [1.82, 2.24) is 0 Å². The van der Waals surface area contributed by atoms with E-state index in [4.69, 9.17) is 11.6 Å². The van der Waals surface area contributed by atoms with Gasteiger partial charge in [-0.3, -0.25) is 0 Å². The number of halogens is 2.